The number of aromatic nitrogens is 2. The Hall–Kier alpha value is -1.47. The highest BCUT2D eigenvalue weighted by Crippen LogP contribution is 2.30. The molecule has 0 radical (unpaired) electrons. The number of likely N-dealkylation sites (N-methyl/N-ethyl adjacent to an activating group) is 2. The number of aryl methyl sites for hydroxylation is 1. The Balaban J connectivity index is 1.71. The van der Waals surface area contributed by atoms with E-state index in [0.717, 1.165) is 25.9 Å². The monoisotopic (exact) mass is 349 g/mol. The van der Waals surface area contributed by atoms with E-state index >= 15 is 0 Å². The van der Waals surface area contributed by atoms with E-state index in [-0.39, 0.29) is 11.9 Å². The fraction of sp³-hybridized carbons (Fsp3) is 0.833. The van der Waals surface area contributed by atoms with Gasteiger partial charge in [-0.15, -0.1) is 0 Å². The van der Waals surface area contributed by atoms with Crippen molar-refractivity contribution in [3.63, 3.8) is 0 Å². The number of hydrogen-bond acceptors (Lipinski definition) is 6. The average Bonchev–Trinajstić information content (AvgIpc) is 3.06. The van der Waals surface area contributed by atoms with Gasteiger partial charge in [0.2, 0.25) is 0 Å². The smallest absolute Gasteiger partial charge is 0.278 e. The van der Waals surface area contributed by atoms with Gasteiger partial charge in [0.25, 0.3) is 5.91 Å². The van der Waals surface area contributed by atoms with E-state index < -0.39 is 0 Å². The molecule has 0 N–H and O–H groups in total. The van der Waals surface area contributed by atoms with Gasteiger partial charge in [0.1, 0.15) is 5.69 Å². The fourth-order valence-electron chi connectivity index (χ4n) is 4.43. The molecule has 0 bridgehead atoms. The molecule has 1 aromatic heterocycles. The van der Waals surface area contributed by atoms with Crippen molar-refractivity contribution in [2.24, 2.45) is 0 Å². The molecule has 2 atom stereocenters. The highest BCUT2D eigenvalue weighted by atomic mass is 16.6. The second kappa shape index (κ2) is 7.83. The predicted molar refractivity (Wildman–Crippen MR) is 95.5 cm³/mol. The minimum Gasteiger partial charge on any atom is -0.336 e. The Kier molecular flexibility index (Phi) is 5.74. The van der Waals surface area contributed by atoms with Crippen LogP contribution in [-0.4, -0.2) is 83.3 Å². The van der Waals surface area contributed by atoms with Crippen molar-refractivity contribution in [3.8, 4) is 0 Å². The summed E-state index contributed by atoms with van der Waals surface area (Å²) in [4.78, 5) is 19.7. The number of carbonyl (C=O) groups excluding carboxylic acids is 1. The molecule has 2 heterocycles. The molecule has 1 aromatic rings. The molecule has 1 amide bonds. The van der Waals surface area contributed by atoms with Gasteiger partial charge in [-0.25, -0.2) is 4.63 Å². The fourth-order valence-corrected chi connectivity index (χ4v) is 4.43. The Morgan fingerprint density at radius 2 is 1.72 bits per heavy atom. The van der Waals surface area contributed by atoms with Gasteiger partial charge < -0.3 is 9.80 Å². The second-order valence-corrected chi connectivity index (χ2v) is 7.73. The molecule has 25 heavy (non-hydrogen) atoms. The van der Waals surface area contributed by atoms with Gasteiger partial charge in [-0.2, -0.15) is 0 Å². The molecular weight excluding hydrogens is 318 g/mol. The zero-order valence-electron chi connectivity index (χ0n) is 15.9. The van der Waals surface area contributed by atoms with Crippen LogP contribution in [0, 0.1) is 6.92 Å². The van der Waals surface area contributed by atoms with E-state index in [0.29, 0.717) is 23.5 Å². The minimum atomic E-state index is -0.0765. The highest BCUT2D eigenvalue weighted by Gasteiger charge is 2.37. The summed E-state index contributed by atoms with van der Waals surface area (Å²) < 4.78 is 4.72. The molecule has 140 valence electrons. The molecule has 0 aromatic carbocycles. The Bertz CT molecular complexity index is 582. The lowest BCUT2D eigenvalue weighted by atomic mass is 9.86. The molecule has 7 heteroatoms. The van der Waals surface area contributed by atoms with Gasteiger partial charge in [-0.3, -0.25) is 9.69 Å². The number of carbonyl (C=O) groups is 1. The second-order valence-electron chi connectivity index (χ2n) is 7.73. The lowest BCUT2D eigenvalue weighted by Crippen LogP contribution is -2.56. The third-order valence-corrected chi connectivity index (χ3v) is 6.15. The van der Waals surface area contributed by atoms with Crippen molar-refractivity contribution in [1.29, 1.82) is 0 Å². The van der Waals surface area contributed by atoms with Gasteiger partial charge in [0.15, 0.2) is 5.69 Å². The van der Waals surface area contributed by atoms with E-state index in [2.05, 4.69) is 34.2 Å². The van der Waals surface area contributed by atoms with Crippen LogP contribution < -0.4 is 0 Å². The zero-order chi connectivity index (χ0) is 18.0. The first kappa shape index (κ1) is 18.3. The molecule has 0 spiro atoms. The first-order valence-corrected chi connectivity index (χ1v) is 9.46. The lowest BCUT2D eigenvalue weighted by Gasteiger charge is -2.46. The van der Waals surface area contributed by atoms with Crippen molar-refractivity contribution in [2.75, 3.05) is 34.2 Å². The quantitative estimate of drug-likeness (QED) is 0.826. The Labute approximate surface area is 150 Å². The van der Waals surface area contributed by atoms with Gasteiger partial charge in [-0.05, 0) is 64.9 Å². The maximum Gasteiger partial charge on any atom is 0.278 e. The molecule has 2 fully saturated rings. The summed E-state index contributed by atoms with van der Waals surface area (Å²) >= 11 is 0. The van der Waals surface area contributed by atoms with Crippen LogP contribution >= 0.6 is 0 Å². The zero-order valence-corrected chi connectivity index (χ0v) is 15.9. The average molecular weight is 349 g/mol. The van der Waals surface area contributed by atoms with Gasteiger partial charge in [-0.1, -0.05) is 18.0 Å². The van der Waals surface area contributed by atoms with Gasteiger partial charge in [0, 0.05) is 25.2 Å². The van der Waals surface area contributed by atoms with Crippen molar-refractivity contribution in [3.05, 3.63) is 11.4 Å². The SMILES string of the molecule is Cc1nonc1C(=O)N(C)[C@H]1CCCC[C@@H]1N(C)C1CCN(C)CC1. The molecule has 1 aliphatic heterocycles. The molecule has 7 nitrogen and oxygen atoms in total. The van der Waals surface area contributed by atoms with E-state index in [1.165, 1.54) is 25.7 Å². The molecule has 3 rings (SSSR count). The Morgan fingerprint density at radius 3 is 2.32 bits per heavy atom. The summed E-state index contributed by atoms with van der Waals surface area (Å²) in [7, 11) is 6.35. The third kappa shape index (κ3) is 3.87. The maximum atomic E-state index is 12.9. The normalized spacial score (nSPS) is 26.1. The molecule has 1 saturated heterocycles. The van der Waals surface area contributed by atoms with E-state index in [4.69, 9.17) is 4.63 Å². The van der Waals surface area contributed by atoms with Crippen LogP contribution in [0.25, 0.3) is 0 Å². The maximum absolute atomic E-state index is 12.9. The molecule has 1 aliphatic carbocycles. The van der Waals surface area contributed by atoms with E-state index in [1.807, 2.05) is 11.9 Å². The number of piperidine rings is 1. The van der Waals surface area contributed by atoms with Crippen LogP contribution in [0.1, 0.15) is 54.7 Å². The summed E-state index contributed by atoms with van der Waals surface area (Å²) in [5.41, 5.74) is 0.904. The predicted octanol–water partition coefficient (Wildman–Crippen LogP) is 1.79. The highest BCUT2D eigenvalue weighted by molar-refractivity contribution is 5.93. The minimum absolute atomic E-state index is 0.0765. The van der Waals surface area contributed by atoms with Crippen LogP contribution in [0.4, 0.5) is 0 Å². The summed E-state index contributed by atoms with van der Waals surface area (Å²) in [6.07, 6.45) is 7.04. The third-order valence-electron chi connectivity index (χ3n) is 6.15. The molecule has 2 aliphatic rings. The van der Waals surface area contributed by atoms with Crippen LogP contribution in [0.15, 0.2) is 4.63 Å². The van der Waals surface area contributed by atoms with Gasteiger partial charge >= 0.3 is 0 Å². The lowest BCUT2D eigenvalue weighted by molar-refractivity contribution is 0.0273. The number of amides is 1. The van der Waals surface area contributed by atoms with E-state index in [9.17, 15) is 4.79 Å². The summed E-state index contributed by atoms with van der Waals surface area (Å²) in [5.74, 6) is -0.0765. The van der Waals surface area contributed by atoms with Crippen molar-refractivity contribution in [1.82, 2.24) is 25.0 Å². The standard InChI is InChI=1S/C18H31N5O2/c1-13-17(20-25-19-13)18(24)23(4)16-8-6-5-7-15(16)22(3)14-9-11-21(2)12-10-14/h14-16H,5-12H2,1-4H3/t15-,16-/m0/s1. The number of hydrogen-bond donors (Lipinski definition) is 0. The van der Waals surface area contributed by atoms with Crippen LogP contribution in [0.3, 0.4) is 0 Å². The van der Waals surface area contributed by atoms with Crippen molar-refractivity contribution < 1.29 is 9.42 Å². The topological polar surface area (TPSA) is 65.7 Å². The van der Waals surface area contributed by atoms with Crippen molar-refractivity contribution in [2.45, 2.75) is 63.6 Å². The molecular formula is C18H31N5O2. The first-order valence-electron chi connectivity index (χ1n) is 9.46. The van der Waals surface area contributed by atoms with Crippen LogP contribution in [0.5, 0.6) is 0 Å². The Morgan fingerprint density at radius 1 is 1.08 bits per heavy atom. The van der Waals surface area contributed by atoms with Crippen LogP contribution in [-0.2, 0) is 0 Å². The number of rotatable bonds is 4. The summed E-state index contributed by atoms with van der Waals surface area (Å²) in [6, 6.07) is 1.25. The molecule has 0 unspecified atom stereocenters. The van der Waals surface area contributed by atoms with Gasteiger partial charge in [0.05, 0.1) is 0 Å². The van der Waals surface area contributed by atoms with Crippen molar-refractivity contribution >= 4 is 5.91 Å². The summed E-state index contributed by atoms with van der Waals surface area (Å²) in [5, 5.41) is 7.55. The first-order chi connectivity index (χ1) is 12.0. The summed E-state index contributed by atoms with van der Waals surface area (Å²) in [6.45, 7) is 4.08. The van der Waals surface area contributed by atoms with E-state index in [1.54, 1.807) is 6.92 Å². The van der Waals surface area contributed by atoms with Crippen LogP contribution in [0.2, 0.25) is 0 Å². The number of likely N-dealkylation sites (tertiary alicyclic amines) is 1. The number of nitrogens with zero attached hydrogens (tertiary/aromatic N) is 5. The largest absolute Gasteiger partial charge is 0.336 e. The molecule has 1 saturated carbocycles.